The van der Waals surface area contributed by atoms with E-state index in [9.17, 15) is 13.2 Å². The summed E-state index contributed by atoms with van der Waals surface area (Å²) in [5, 5.41) is 5.43. The number of pyridine rings is 1. The molecule has 1 aromatic heterocycles. The molecule has 0 aliphatic rings. The van der Waals surface area contributed by atoms with E-state index in [0.717, 1.165) is 16.7 Å². The van der Waals surface area contributed by atoms with Gasteiger partial charge in [-0.1, -0.05) is 29.8 Å². The Morgan fingerprint density at radius 2 is 1.69 bits per heavy atom. The second-order valence-electron chi connectivity index (χ2n) is 6.75. The topological polar surface area (TPSA) is 88.2 Å². The number of carbonyl (C=O) groups excluding carboxylic acids is 1. The van der Waals surface area contributed by atoms with Gasteiger partial charge in [-0.15, -0.1) is 0 Å². The van der Waals surface area contributed by atoms with Gasteiger partial charge in [-0.05, 0) is 60.9 Å². The first-order chi connectivity index (χ1) is 13.9. The molecule has 2 N–H and O–H groups in total. The minimum Gasteiger partial charge on any atom is -0.334 e. The van der Waals surface area contributed by atoms with Crippen molar-refractivity contribution in [2.24, 2.45) is 0 Å². The summed E-state index contributed by atoms with van der Waals surface area (Å²) in [6, 6.07) is 17.3. The van der Waals surface area contributed by atoms with E-state index in [2.05, 4.69) is 15.6 Å². The molecule has 0 unspecified atom stereocenters. The van der Waals surface area contributed by atoms with Crippen LogP contribution < -0.4 is 10.6 Å². The predicted octanol–water partition coefficient (Wildman–Crippen LogP) is 3.73. The van der Waals surface area contributed by atoms with Gasteiger partial charge < -0.3 is 10.6 Å². The standard InChI is InChI=1S/C22H23N3O3S/c1-17-3-2-4-18(15-17)11-14-29(27,28)21-7-5-20(6-8-21)25-22(26)24-16-19-9-12-23-13-10-19/h2-10,12-13,15H,11,14,16H2,1H3,(H2,24,25,26). The van der Waals surface area contributed by atoms with Crippen LogP contribution in [0.4, 0.5) is 10.5 Å². The van der Waals surface area contributed by atoms with Crippen molar-refractivity contribution >= 4 is 21.6 Å². The Bertz CT molecular complexity index is 1070. The molecule has 0 spiro atoms. The van der Waals surface area contributed by atoms with Crippen molar-refractivity contribution in [2.75, 3.05) is 11.1 Å². The van der Waals surface area contributed by atoms with E-state index in [1.54, 1.807) is 24.5 Å². The van der Waals surface area contributed by atoms with Gasteiger partial charge in [0, 0.05) is 24.6 Å². The van der Waals surface area contributed by atoms with Crippen molar-refractivity contribution in [3.8, 4) is 0 Å². The first-order valence-corrected chi connectivity index (χ1v) is 10.9. The van der Waals surface area contributed by atoms with Crippen molar-refractivity contribution in [1.29, 1.82) is 0 Å². The average Bonchev–Trinajstić information content (AvgIpc) is 2.72. The molecule has 2 aromatic carbocycles. The molecular formula is C22H23N3O3S. The minimum atomic E-state index is -3.40. The highest BCUT2D eigenvalue weighted by atomic mass is 32.2. The second-order valence-corrected chi connectivity index (χ2v) is 8.85. The largest absolute Gasteiger partial charge is 0.334 e. The van der Waals surface area contributed by atoms with Crippen molar-refractivity contribution in [3.05, 3.63) is 89.7 Å². The predicted molar refractivity (Wildman–Crippen MR) is 113 cm³/mol. The number of carbonyl (C=O) groups is 1. The highest BCUT2D eigenvalue weighted by Gasteiger charge is 2.14. The number of urea groups is 1. The number of aryl methyl sites for hydroxylation is 2. The van der Waals surface area contributed by atoms with Crippen LogP contribution in [0.2, 0.25) is 0 Å². The van der Waals surface area contributed by atoms with Crippen LogP contribution in [0.5, 0.6) is 0 Å². The monoisotopic (exact) mass is 409 g/mol. The molecule has 0 aliphatic heterocycles. The fourth-order valence-electron chi connectivity index (χ4n) is 2.84. The molecule has 0 bridgehead atoms. The van der Waals surface area contributed by atoms with Gasteiger partial charge in [0.15, 0.2) is 9.84 Å². The first kappa shape index (κ1) is 20.5. The number of benzene rings is 2. The van der Waals surface area contributed by atoms with E-state index >= 15 is 0 Å². The Hall–Kier alpha value is -3.19. The van der Waals surface area contributed by atoms with Crippen LogP contribution in [0.3, 0.4) is 0 Å². The van der Waals surface area contributed by atoms with Gasteiger partial charge in [-0.3, -0.25) is 4.98 Å². The lowest BCUT2D eigenvalue weighted by Crippen LogP contribution is -2.28. The molecule has 0 atom stereocenters. The number of nitrogens with zero attached hydrogens (tertiary/aromatic N) is 1. The SMILES string of the molecule is Cc1cccc(CCS(=O)(=O)c2ccc(NC(=O)NCc3ccncc3)cc2)c1. The number of hydrogen-bond donors (Lipinski definition) is 2. The zero-order valence-corrected chi connectivity index (χ0v) is 16.9. The third-order valence-corrected chi connectivity index (χ3v) is 6.15. The van der Waals surface area contributed by atoms with E-state index < -0.39 is 9.84 Å². The lowest BCUT2D eigenvalue weighted by Gasteiger charge is -2.09. The van der Waals surface area contributed by atoms with Crippen LogP contribution in [0.1, 0.15) is 16.7 Å². The van der Waals surface area contributed by atoms with E-state index in [-0.39, 0.29) is 16.7 Å². The fourth-order valence-corrected chi connectivity index (χ4v) is 4.13. The van der Waals surface area contributed by atoms with Gasteiger partial charge in [0.25, 0.3) is 0 Å². The third-order valence-electron chi connectivity index (χ3n) is 4.42. The normalized spacial score (nSPS) is 11.1. The van der Waals surface area contributed by atoms with Gasteiger partial charge >= 0.3 is 6.03 Å². The van der Waals surface area contributed by atoms with E-state index in [1.807, 2.05) is 43.3 Å². The third kappa shape index (κ3) is 6.15. The zero-order chi connectivity index (χ0) is 20.7. The number of amides is 2. The van der Waals surface area contributed by atoms with Gasteiger partial charge in [-0.2, -0.15) is 0 Å². The lowest BCUT2D eigenvalue weighted by molar-refractivity contribution is 0.251. The molecule has 0 aliphatic carbocycles. The minimum absolute atomic E-state index is 0.0373. The van der Waals surface area contributed by atoms with Crippen LogP contribution in [-0.2, 0) is 22.8 Å². The summed E-state index contributed by atoms with van der Waals surface area (Å²) in [6.07, 6.45) is 3.78. The maximum Gasteiger partial charge on any atom is 0.319 e. The summed E-state index contributed by atoms with van der Waals surface area (Å²) >= 11 is 0. The fraction of sp³-hybridized carbons (Fsp3) is 0.182. The highest BCUT2D eigenvalue weighted by Crippen LogP contribution is 2.17. The maximum absolute atomic E-state index is 12.6. The highest BCUT2D eigenvalue weighted by molar-refractivity contribution is 7.91. The van der Waals surface area contributed by atoms with Crippen LogP contribution >= 0.6 is 0 Å². The Balaban J connectivity index is 1.55. The van der Waals surface area contributed by atoms with Gasteiger partial charge in [0.1, 0.15) is 0 Å². The molecule has 6 nitrogen and oxygen atoms in total. The van der Waals surface area contributed by atoms with Crippen molar-refractivity contribution < 1.29 is 13.2 Å². The summed E-state index contributed by atoms with van der Waals surface area (Å²) < 4.78 is 25.2. The number of nitrogens with one attached hydrogen (secondary N) is 2. The van der Waals surface area contributed by atoms with E-state index in [4.69, 9.17) is 0 Å². The molecule has 0 saturated heterocycles. The zero-order valence-electron chi connectivity index (χ0n) is 16.1. The van der Waals surface area contributed by atoms with Crippen LogP contribution in [0, 0.1) is 6.92 Å². The van der Waals surface area contributed by atoms with Gasteiger partial charge in [0.2, 0.25) is 0 Å². The van der Waals surface area contributed by atoms with Crippen molar-refractivity contribution in [3.63, 3.8) is 0 Å². The van der Waals surface area contributed by atoms with Crippen LogP contribution in [0.15, 0.2) is 78.0 Å². The summed E-state index contributed by atoms with van der Waals surface area (Å²) in [6.45, 7) is 2.36. The Labute approximate surface area is 170 Å². The maximum atomic E-state index is 12.6. The number of hydrogen-bond acceptors (Lipinski definition) is 4. The molecule has 150 valence electrons. The number of sulfone groups is 1. The molecule has 3 rings (SSSR count). The summed E-state index contributed by atoms with van der Waals surface area (Å²) in [4.78, 5) is 16.2. The van der Waals surface area contributed by atoms with Gasteiger partial charge in [0.05, 0.1) is 10.6 Å². The smallest absolute Gasteiger partial charge is 0.319 e. The first-order valence-electron chi connectivity index (χ1n) is 9.24. The number of anilines is 1. The summed E-state index contributed by atoms with van der Waals surface area (Å²) in [5.74, 6) is 0.0373. The quantitative estimate of drug-likeness (QED) is 0.622. The van der Waals surface area contributed by atoms with E-state index in [1.165, 1.54) is 12.1 Å². The molecule has 1 heterocycles. The molecule has 7 heteroatoms. The van der Waals surface area contributed by atoms with Crippen LogP contribution in [-0.4, -0.2) is 25.2 Å². The molecule has 0 saturated carbocycles. The molecule has 29 heavy (non-hydrogen) atoms. The Morgan fingerprint density at radius 3 is 2.38 bits per heavy atom. The summed E-state index contributed by atoms with van der Waals surface area (Å²) in [5.41, 5.74) is 3.57. The number of rotatable bonds is 7. The summed E-state index contributed by atoms with van der Waals surface area (Å²) in [7, 11) is -3.40. The number of aromatic nitrogens is 1. The van der Waals surface area contributed by atoms with E-state index in [0.29, 0.717) is 18.7 Å². The molecular weight excluding hydrogens is 386 g/mol. The van der Waals surface area contributed by atoms with Crippen molar-refractivity contribution in [1.82, 2.24) is 10.3 Å². The van der Waals surface area contributed by atoms with Crippen LogP contribution in [0.25, 0.3) is 0 Å². The van der Waals surface area contributed by atoms with Gasteiger partial charge in [-0.25, -0.2) is 13.2 Å². The Kier molecular flexibility index (Phi) is 6.61. The molecule has 0 radical (unpaired) electrons. The average molecular weight is 410 g/mol. The lowest BCUT2D eigenvalue weighted by atomic mass is 10.1. The second kappa shape index (κ2) is 9.34. The molecule has 3 aromatic rings. The molecule has 2 amide bonds. The van der Waals surface area contributed by atoms with Crippen molar-refractivity contribution in [2.45, 2.75) is 24.8 Å². The Morgan fingerprint density at radius 1 is 0.966 bits per heavy atom. The molecule has 0 fully saturated rings.